The molecule has 2 rings (SSSR count). The number of carboxylic acid groups (broad SMARTS) is 1. The van der Waals surface area contributed by atoms with Crippen molar-refractivity contribution in [2.75, 3.05) is 0 Å². The van der Waals surface area contributed by atoms with Crippen LogP contribution in [0.25, 0.3) is 11.0 Å². The van der Waals surface area contributed by atoms with Crippen LogP contribution < -0.4 is 0 Å². The number of rotatable bonds is 3. The Kier molecular flexibility index (Phi) is 2.62. The van der Waals surface area contributed by atoms with Crippen molar-refractivity contribution in [3.05, 3.63) is 30.1 Å². The molecular formula is C11H12N2O3. The average Bonchev–Trinajstić information content (AvgIpc) is 2.60. The SMILES string of the molecule is CC(O)Cn1cnc2cc(C(=O)O)ccc21. The highest BCUT2D eigenvalue weighted by molar-refractivity contribution is 5.92. The third kappa shape index (κ3) is 1.90. The minimum Gasteiger partial charge on any atom is -0.478 e. The highest BCUT2D eigenvalue weighted by Crippen LogP contribution is 2.15. The largest absolute Gasteiger partial charge is 0.478 e. The number of fused-ring (bicyclic) bond motifs is 1. The molecule has 2 N–H and O–H groups in total. The first-order valence-electron chi connectivity index (χ1n) is 4.94. The number of imidazole rings is 1. The fraction of sp³-hybridized carbons (Fsp3) is 0.273. The third-order valence-electron chi connectivity index (χ3n) is 2.33. The molecule has 0 spiro atoms. The summed E-state index contributed by atoms with van der Waals surface area (Å²) in [4.78, 5) is 14.9. The lowest BCUT2D eigenvalue weighted by molar-refractivity contribution is 0.0697. The molecule has 16 heavy (non-hydrogen) atoms. The first-order valence-corrected chi connectivity index (χ1v) is 4.94. The second-order valence-corrected chi connectivity index (χ2v) is 3.75. The topological polar surface area (TPSA) is 75.3 Å². The van der Waals surface area contributed by atoms with E-state index in [0.717, 1.165) is 5.52 Å². The number of aliphatic hydroxyl groups is 1. The Balaban J connectivity index is 2.46. The van der Waals surface area contributed by atoms with Crippen molar-refractivity contribution < 1.29 is 15.0 Å². The van der Waals surface area contributed by atoms with Gasteiger partial charge in [0.15, 0.2) is 0 Å². The molecule has 0 saturated carbocycles. The average molecular weight is 220 g/mol. The number of aromatic carboxylic acids is 1. The molecule has 0 aliphatic carbocycles. The number of nitrogens with zero attached hydrogens (tertiary/aromatic N) is 2. The maximum atomic E-state index is 10.8. The molecule has 0 radical (unpaired) electrons. The summed E-state index contributed by atoms with van der Waals surface area (Å²) in [5.74, 6) is -0.966. The Morgan fingerprint density at radius 3 is 2.94 bits per heavy atom. The summed E-state index contributed by atoms with van der Waals surface area (Å²) in [5, 5.41) is 18.1. The third-order valence-corrected chi connectivity index (χ3v) is 2.33. The van der Waals surface area contributed by atoms with E-state index in [0.29, 0.717) is 12.1 Å². The quantitative estimate of drug-likeness (QED) is 0.812. The predicted octanol–water partition coefficient (Wildman–Crippen LogP) is 1.12. The number of carboxylic acids is 1. The fourth-order valence-corrected chi connectivity index (χ4v) is 1.63. The lowest BCUT2D eigenvalue weighted by Gasteiger charge is -2.06. The van der Waals surface area contributed by atoms with E-state index in [1.807, 2.05) is 0 Å². The first-order chi connectivity index (χ1) is 7.58. The van der Waals surface area contributed by atoms with Gasteiger partial charge >= 0.3 is 5.97 Å². The molecule has 0 aliphatic heterocycles. The van der Waals surface area contributed by atoms with E-state index in [4.69, 9.17) is 5.11 Å². The molecule has 1 unspecified atom stereocenters. The van der Waals surface area contributed by atoms with E-state index in [1.165, 1.54) is 12.1 Å². The zero-order chi connectivity index (χ0) is 11.7. The number of carbonyl (C=O) groups is 1. The first kappa shape index (κ1) is 10.6. The smallest absolute Gasteiger partial charge is 0.335 e. The van der Waals surface area contributed by atoms with E-state index >= 15 is 0 Å². The van der Waals surface area contributed by atoms with Gasteiger partial charge in [-0.25, -0.2) is 9.78 Å². The molecule has 0 fully saturated rings. The van der Waals surface area contributed by atoms with Crippen molar-refractivity contribution in [3.8, 4) is 0 Å². The Bertz CT molecular complexity index is 531. The van der Waals surface area contributed by atoms with Gasteiger partial charge in [-0.2, -0.15) is 0 Å². The van der Waals surface area contributed by atoms with Crippen LogP contribution in [0.2, 0.25) is 0 Å². The molecule has 0 bridgehead atoms. The van der Waals surface area contributed by atoms with Gasteiger partial charge in [-0.1, -0.05) is 0 Å². The molecule has 0 amide bonds. The van der Waals surface area contributed by atoms with Gasteiger partial charge in [0, 0.05) is 6.54 Å². The number of aliphatic hydroxyl groups excluding tert-OH is 1. The maximum Gasteiger partial charge on any atom is 0.335 e. The molecule has 5 heteroatoms. The van der Waals surface area contributed by atoms with E-state index in [1.54, 1.807) is 23.9 Å². The zero-order valence-electron chi connectivity index (χ0n) is 8.79. The summed E-state index contributed by atoms with van der Waals surface area (Å²) in [7, 11) is 0. The lowest BCUT2D eigenvalue weighted by Crippen LogP contribution is -2.10. The van der Waals surface area contributed by atoms with Gasteiger partial charge in [0.2, 0.25) is 0 Å². The molecule has 0 aliphatic rings. The van der Waals surface area contributed by atoms with Crippen LogP contribution in [0.15, 0.2) is 24.5 Å². The molecule has 5 nitrogen and oxygen atoms in total. The lowest BCUT2D eigenvalue weighted by atomic mass is 10.2. The fourth-order valence-electron chi connectivity index (χ4n) is 1.63. The number of benzene rings is 1. The summed E-state index contributed by atoms with van der Waals surface area (Å²) >= 11 is 0. The van der Waals surface area contributed by atoms with Gasteiger partial charge in [0.05, 0.1) is 29.0 Å². The highest BCUT2D eigenvalue weighted by Gasteiger charge is 2.08. The van der Waals surface area contributed by atoms with Crippen LogP contribution in [-0.2, 0) is 6.54 Å². The summed E-state index contributed by atoms with van der Waals surface area (Å²) in [6.45, 7) is 2.14. The van der Waals surface area contributed by atoms with Gasteiger partial charge in [0.25, 0.3) is 0 Å². The minimum absolute atomic E-state index is 0.217. The van der Waals surface area contributed by atoms with Crippen LogP contribution in [-0.4, -0.2) is 31.8 Å². The van der Waals surface area contributed by atoms with E-state index < -0.39 is 12.1 Å². The van der Waals surface area contributed by atoms with Crippen molar-refractivity contribution in [2.24, 2.45) is 0 Å². The minimum atomic E-state index is -0.966. The van der Waals surface area contributed by atoms with Crippen LogP contribution in [0.1, 0.15) is 17.3 Å². The van der Waals surface area contributed by atoms with Gasteiger partial charge in [-0.05, 0) is 25.1 Å². The molecule has 1 aromatic heterocycles. The van der Waals surface area contributed by atoms with Crippen molar-refractivity contribution in [3.63, 3.8) is 0 Å². The molecule has 84 valence electrons. The van der Waals surface area contributed by atoms with Gasteiger partial charge in [0.1, 0.15) is 0 Å². The zero-order valence-corrected chi connectivity index (χ0v) is 8.79. The van der Waals surface area contributed by atoms with Crippen LogP contribution in [0.3, 0.4) is 0 Å². The molecule has 2 aromatic rings. The summed E-state index contributed by atoms with van der Waals surface area (Å²) in [6, 6.07) is 4.76. The standard InChI is InChI=1S/C11H12N2O3/c1-7(14)5-13-6-12-9-4-8(11(15)16)2-3-10(9)13/h2-4,6-7,14H,5H2,1H3,(H,15,16). The van der Waals surface area contributed by atoms with Crippen molar-refractivity contribution in [1.29, 1.82) is 0 Å². The highest BCUT2D eigenvalue weighted by atomic mass is 16.4. The van der Waals surface area contributed by atoms with E-state index in [-0.39, 0.29) is 5.56 Å². The van der Waals surface area contributed by atoms with Crippen molar-refractivity contribution in [1.82, 2.24) is 9.55 Å². The van der Waals surface area contributed by atoms with Crippen molar-refractivity contribution in [2.45, 2.75) is 19.6 Å². The Morgan fingerprint density at radius 2 is 2.31 bits per heavy atom. The maximum absolute atomic E-state index is 10.8. The number of hydrogen-bond acceptors (Lipinski definition) is 3. The Labute approximate surface area is 92.0 Å². The molecule has 0 saturated heterocycles. The van der Waals surface area contributed by atoms with Gasteiger partial charge in [-0.3, -0.25) is 0 Å². The Hall–Kier alpha value is -1.88. The van der Waals surface area contributed by atoms with Crippen LogP contribution in [0.5, 0.6) is 0 Å². The van der Waals surface area contributed by atoms with Crippen molar-refractivity contribution >= 4 is 17.0 Å². The van der Waals surface area contributed by atoms with E-state index in [9.17, 15) is 9.90 Å². The monoisotopic (exact) mass is 220 g/mol. The molecule has 1 atom stereocenters. The second-order valence-electron chi connectivity index (χ2n) is 3.75. The second kappa shape index (κ2) is 3.94. The van der Waals surface area contributed by atoms with Crippen LogP contribution >= 0.6 is 0 Å². The number of aromatic nitrogens is 2. The number of hydrogen-bond donors (Lipinski definition) is 2. The summed E-state index contributed by atoms with van der Waals surface area (Å²) < 4.78 is 1.80. The van der Waals surface area contributed by atoms with Gasteiger partial charge < -0.3 is 14.8 Å². The predicted molar refractivity (Wildman–Crippen MR) is 58.4 cm³/mol. The van der Waals surface area contributed by atoms with Gasteiger partial charge in [-0.15, -0.1) is 0 Å². The van der Waals surface area contributed by atoms with Crippen LogP contribution in [0, 0.1) is 0 Å². The normalized spacial score (nSPS) is 12.9. The molecular weight excluding hydrogens is 208 g/mol. The Morgan fingerprint density at radius 1 is 1.56 bits per heavy atom. The van der Waals surface area contributed by atoms with Crippen LogP contribution in [0.4, 0.5) is 0 Å². The molecule has 1 aromatic carbocycles. The summed E-state index contributed by atoms with van der Waals surface area (Å²) in [5.41, 5.74) is 1.67. The molecule has 1 heterocycles. The summed E-state index contributed by atoms with van der Waals surface area (Å²) in [6.07, 6.45) is 1.14. The van der Waals surface area contributed by atoms with E-state index in [2.05, 4.69) is 4.98 Å².